The smallest absolute Gasteiger partial charge is 0.316 e. The molecule has 3 N–H and O–H groups in total. The third kappa shape index (κ3) is 7.37. The number of alkyl halides is 2. The van der Waals surface area contributed by atoms with Gasteiger partial charge < -0.3 is 24.7 Å². The summed E-state index contributed by atoms with van der Waals surface area (Å²) in [7, 11) is -4.12. The topological polar surface area (TPSA) is 199 Å². The Kier molecular flexibility index (Phi) is 9.44. The number of nitrogens with zero attached hydrogens (tertiary/aromatic N) is 5. The number of rotatable bonds is 6. The molecule has 2 aromatic heterocycles. The molecular weight excluding hydrogens is 751 g/mol. The first kappa shape index (κ1) is 37.7. The number of halogens is 2. The quantitative estimate of drug-likeness (QED) is 0.256. The van der Waals surface area contributed by atoms with Gasteiger partial charge in [0.1, 0.15) is 29.4 Å². The highest BCUT2D eigenvalue weighted by Crippen LogP contribution is 2.48. The van der Waals surface area contributed by atoms with Gasteiger partial charge in [0.15, 0.2) is 0 Å². The summed E-state index contributed by atoms with van der Waals surface area (Å²) in [5.74, 6) is -3.81. The summed E-state index contributed by atoms with van der Waals surface area (Å²) in [6.07, 6.45) is -1.98. The zero-order chi connectivity index (χ0) is 39.6. The molecule has 3 fully saturated rings. The van der Waals surface area contributed by atoms with Crippen molar-refractivity contribution in [3.05, 3.63) is 60.0 Å². The van der Waals surface area contributed by atoms with Crippen LogP contribution in [0.1, 0.15) is 64.3 Å². The van der Waals surface area contributed by atoms with Gasteiger partial charge in [0, 0.05) is 18.4 Å². The van der Waals surface area contributed by atoms with E-state index in [1.54, 1.807) is 6.07 Å². The van der Waals surface area contributed by atoms with Gasteiger partial charge >= 0.3 is 6.01 Å². The van der Waals surface area contributed by atoms with Crippen molar-refractivity contribution in [2.75, 3.05) is 11.9 Å². The Balaban J connectivity index is 1.18. The van der Waals surface area contributed by atoms with E-state index in [1.807, 2.05) is 68.0 Å². The van der Waals surface area contributed by atoms with Gasteiger partial charge in [-0.3, -0.25) is 19.1 Å². The van der Waals surface area contributed by atoms with Crippen LogP contribution in [0.2, 0.25) is 0 Å². The number of aryl methyl sites for hydroxylation is 2. The highest BCUT2D eigenvalue weighted by molar-refractivity contribution is 7.91. The SMILES string of the molecule is CC(C)(C)[C@@H]1Nc2nnc(o2)CCCc2cccc(c2)-c2nc3ccccc3nc2O[C@@H]2C[C@@H](C(=O)N[C@]3(C(=O)NS(=O)(=O)C4CC4)C[C@H]3C(F)F)N(C2)C1=O. The number of hydrogen-bond acceptors (Lipinski definition) is 12. The number of carbonyl (C=O) groups is 3. The van der Waals surface area contributed by atoms with Crippen LogP contribution in [0.25, 0.3) is 22.3 Å². The van der Waals surface area contributed by atoms with E-state index in [4.69, 9.17) is 19.1 Å². The van der Waals surface area contributed by atoms with E-state index < -0.39 is 80.9 Å². The van der Waals surface area contributed by atoms with Gasteiger partial charge in [-0.25, -0.2) is 27.2 Å². The fraction of sp³-hybridized carbons (Fsp3) is 0.500. The number of fused-ring (bicyclic) bond motifs is 9. The normalized spacial score (nSPS) is 25.4. The molecular formula is C38H42F2N8O7S. The highest BCUT2D eigenvalue weighted by atomic mass is 32.2. The molecule has 6 bridgehead atoms. The second-order valence-electron chi connectivity index (χ2n) is 16.1. The first-order valence-corrected chi connectivity index (χ1v) is 20.2. The number of ether oxygens (including phenoxy) is 1. The standard InChI is InChI=1S/C38H42F2N8O7S/c1-37(2,3)30-34(50)48-19-22(17-27(48)32(49)44-38(18-24(38)31(39)40)35(51)47-56(52,53)23-14-15-23)54-33-29(41-25-11-4-5-12-26(25)42-33)21-10-6-8-20(16-21)9-7-13-28-45-46-36(43-30)55-28/h4-6,8,10-12,16,22-24,27,30-31H,7,9,13-15,17-19H2,1-3H3,(H,43,46)(H,44,49)(H,47,51)/t22-,24+,27+,30-,38-/m1/s1. The summed E-state index contributed by atoms with van der Waals surface area (Å²) in [5.41, 5.74) is 0.390. The molecule has 4 heterocycles. The van der Waals surface area contributed by atoms with E-state index >= 15 is 0 Å². The van der Waals surface area contributed by atoms with Crippen LogP contribution >= 0.6 is 0 Å². The number of aromatic nitrogens is 4. The predicted octanol–water partition coefficient (Wildman–Crippen LogP) is 3.79. The van der Waals surface area contributed by atoms with Crippen molar-refractivity contribution in [2.24, 2.45) is 11.3 Å². The van der Waals surface area contributed by atoms with E-state index in [2.05, 4.69) is 20.8 Å². The molecule has 2 aliphatic carbocycles. The Morgan fingerprint density at radius 1 is 1.04 bits per heavy atom. The molecule has 56 heavy (non-hydrogen) atoms. The number of amides is 3. The zero-order valence-electron chi connectivity index (χ0n) is 31.0. The molecule has 5 atom stereocenters. The predicted molar refractivity (Wildman–Crippen MR) is 198 cm³/mol. The lowest BCUT2D eigenvalue weighted by Crippen LogP contribution is -2.59. The average molecular weight is 793 g/mol. The number of nitrogens with one attached hydrogen (secondary N) is 3. The van der Waals surface area contributed by atoms with Crippen molar-refractivity contribution in [2.45, 2.75) is 101 Å². The number of hydrogen-bond donors (Lipinski definition) is 3. The number of sulfonamides is 1. The zero-order valence-corrected chi connectivity index (χ0v) is 31.8. The van der Waals surface area contributed by atoms with Gasteiger partial charge in [0.05, 0.1) is 28.7 Å². The van der Waals surface area contributed by atoms with Crippen molar-refractivity contribution in [1.82, 2.24) is 35.1 Å². The molecule has 15 nitrogen and oxygen atoms in total. The molecule has 2 aromatic carbocycles. The van der Waals surface area contributed by atoms with Crippen molar-refractivity contribution < 1.29 is 40.7 Å². The van der Waals surface area contributed by atoms with Crippen LogP contribution in [-0.2, 0) is 37.2 Å². The van der Waals surface area contributed by atoms with Crippen LogP contribution in [0.3, 0.4) is 0 Å². The Hall–Kier alpha value is -5.26. The molecule has 2 saturated carbocycles. The van der Waals surface area contributed by atoms with Crippen LogP contribution in [0.15, 0.2) is 52.9 Å². The first-order valence-electron chi connectivity index (χ1n) is 18.7. The largest absolute Gasteiger partial charge is 0.471 e. The maximum absolute atomic E-state index is 14.7. The molecule has 0 spiro atoms. The molecule has 0 radical (unpaired) electrons. The lowest BCUT2D eigenvalue weighted by Gasteiger charge is -2.35. The van der Waals surface area contributed by atoms with Crippen LogP contribution in [0, 0.1) is 11.3 Å². The van der Waals surface area contributed by atoms with E-state index in [1.165, 1.54) is 4.90 Å². The summed E-state index contributed by atoms with van der Waals surface area (Å²) in [4.78, 5) is 53.5. The van der Waals surface area contributed by atoms with Crippen molar-refractivity contribution in [1.29, 1.82) is 0 Å². The first-order chi connectivity index (χ1) is 26.6. The molecule has 4 aromatic rings. The monoisotopic (exact) mass is 792 g/mol. The summed E-state index contributed by atoms with van der Waals surface area (Å²) in [6, 6.07) is 12.7. The molecule has 3 amide bonds. The summed E-state index contributed by atoms with van der Waals surface area (Å²) in [6.45, 7) is 5.30. The van der Waals surface area contributed by atoms with Crippen molar-refractivity contribution in [3.8, 4) is 17.1 Å². The third-order valence-electron chi connectivity index (χ3n) is 10.8. The molecule has 18 heteroatoms. The minimum Gasteiger partial charge on any atom is -0.471 e. The third-order valence-corrected chi connectivity index (χ3v) is 12.7. The summed E-state index contributed by atoms with van der Waals surface area (Å²) >= 11 is 0. The summed E-state index contributed by atoms with van der Waals surface area (Å²) in [5, 5.41) is 13.0. The van der Waals surface area contributed by atoms with E-state index in [0.717, 1.165) is 11.1 Å². The molecule has 2 aliphatic heterocycles. The van der Waals surface area contributed by atoms with E-state index in [-0.39, 0.29) is 24.9 Å². The summed E-state index contributed by atoms with van der Waals surface area (Å²) < 4.78 is 68.2. The number of para-hydroxylation sites is 2. The van der Waals surface area contributed by atoms with Gasteiger partial charge in [-0.1, -0.05) is 56.2 Å². The van der Waals surface area contributed by atoms with Crippen molar-refractivity contribution in [3.63, 3.8) is 0 Å². The average Bonchev–Trinajstić information content (AvgIpc) is 4.05. The van der Waals surface area contributed by atoms with Crippen molar-refractivity contribution >= 4 is 44.8 Å². The molecule has 8 rings (SSSR count). The van der Waals surface area contributed by atoms with E-state index in [9.17, 15) is 31.6 Å². The number of anilines is 1. The maximum atomic E-state index is 14.7. The Labute approximate surface area is 321 Å². The lowest BCUT2D eigenvalue weighted by atomic mass is 9.85. The maximum Gasteiger partial charge on any atom is 0.316 e. The minimum absolute atomic E-state index is 0.00530. The Bertz CT molecular complexity index is 2310. The van der Waals surface area contributed by atoms with E-state index in [0.29, 0.717) is 54.7 Å². The molecule has 0 unspecified atom stereocenters. The highest BCUT2D eigenvalue weighted by Gasteiger charge is 2.67. The Morgan fingerprint density at radius 2 is 1.79 bits per heavy atom. The molecule has 4 aliphatic rings. The molecule has 1 saturated heterocycles. The van der Waals surface area contributed by atoms with Crippen LogP contribution in [-0.4, -0.2) is 93.2 Å². The fourth-order valence-corrected chi connectivity index (χ4v) is 8.86. The van der Waals surface area contributed by atoms with Crippen LogP contribution in [0.5, 0.6) is 5.88 Å². The Morgan fingerprint density at radius 3 is 2.48 bits per heavy atom. The second-order valence-corrected chi connectivity index (χ2v) is 18.1. The van der Waals surface area contributed by atoms with Crippen LogP contribution < -0.4 is 20.1 Å². The van der Waals surface area contributed by atoms with Gasteiger partial charge in [0.25, 0.3) is 5.91 Å². The molecule has 296 valence electrons. The van der Waals surface area contributed by atoms with Gasteiger partial charge in [-0.2, -0.15) is 0 Å². The lowest BCUT2D eigenvalue weighted by molar-refractivity contribution is -0.141. The van der Waals surface area contributed by atoms with Gasteiger partial charge in [0.2, 0.25) is 40.0 Å². The minimum atomic E-state index is -4.12. The van der Waals surface area contributed by atoms with Crippen LogP contribution in [0.4, 0.5) is 14.8 Å². The van der Waals surface area contributed by atoms with Gasteiger partial charge in [-0.15, -0.1) is 5.10 Å². The fourth-order valence-electron chi connectivity index (χ4n) is 7.49. The van der Waals surface area contributed by atoms with Gasteiger partial charge in [-0.05, 0) is 61.3 Å². The number of benzene rings is 2. The number of carbonyl (C=O) groups excluding carboxylic acids is 3. The second kappa shape index (κ2) is 14.0.